The molecule has 5 heteroatoms. The van der Waals surface area contributed by atoms with Gasteiger partial charge in [-0.05, 0) is 35.3 Å². The number of hydrogen-bond donors (Lipinski definition) is 3. The molecule has 0 radical (unpaired) electrons. The van der Waals surface area contributed by atoms with Gasteiger partial charge in [0, 0.05) is 12.6 Å². The van der Waals surface area contributed by atoms with Crippen LogP contribution in [0.25, 0.3) is 0 Å². The molecule has 1 unspecified atom stereocenters. The van der Waals surface area contributed by atoms with Crippen LogP contribution in [0.5, 0.6) is 0 Å². The molecule has 0 heterocycles. The Morgan fingerprint density at radius 1 is 1.53 bits per heavy atom. The zero-order valence-electron chi connectivity index (χ0n) is 10.1. The van der Waals surface area contributed by atoms with Gasteiger partial charge in [-0.1, -0.05) is 13.3 Å². The van der Waals surface area contributed by atoms with Crippen LogP contribution in [0, 0.1) is 5.82 Å². The maximum absolute atomic E-state index is 13.2. The van der Waals surface area contributed by atoms with Crippen molar-refractivity contribution in [3.8, 4) is 0 Å². The minimum atomic E-state index is -0.790. The van der Waals surface area contributed by atoms with Gasteiger partial charge in [0.15, 0.2) is 0 Å². The molecule has 0 bridgehead atoms. The molecule has 4 N–H and O–H groups in total. The highest BCUT2D eigenvalue weighted by atomic mass is 79.9. The molecular weight excluding hydrogens is 287 g/mol. The van der Waals surface area contributed by atoms with Gasteiger partial charge in [0.2, 0.25) is 0 Å². The van der Waals surface area contributed by atoms with Crippen LogP contribution in [-0.4, -0.2) is 17.3 Å². The van der Waals surface area contributed by atoms with Crippen LogP contribution in [0.15, 0.2) is 16.6 Å². The molecule has 0 amide bonds. The van der Waals surface area contributed by atoms with Crippen molar-refractivity contribution in [3.63, 3.8) is 0 Å². The van der Waals surface area contributed by atoms with Crippen molar-refractivity contribution in [1.29, 1.82) is 0 Å². The van der Waals surface area contributed by atoms with E-state index in [4.69, 9.17) is 5.73 Å². The predicted molar refractivity (Wildman–Crippen MR) is 72.5 cm³/mol. The van der Waals surface area contributed by atoms with E-state index in [0.717, 1.165) is 6.42 Å². The van der Waals surface area contributed by atoms with Crippen LogP contribution in [0.2, 0.25) is 0 Å². The zero-order chi connectivity index (χ0) is 13.1. The van der Waals surface area contributed by atoms with E-state index < -0.39 is 11.4 Å². The maximum atomic E-state index is 13.2. The van der Waals surface area contributed by atoms with Gasteiger partial charge in [-0.2, -0.15) is 0 Å². The first-order valence-electron chi connectivity index (χ1n) is 5.56. The smallest absolute Gasteiger partial charge is 0.139 e. The van der Waals surface area contributed by atoms with Crippen molar-refractivity contribution >= 4 is 27.3 Å². The summed E-state index contributed by atoms with van der Waals surface area (Å²) >= 11 is 3.10. The fourth-order valence-corrected chi connectivity index (χ4v) is 1.97. The predicted octanol–water partition coefficient (Wildman–Crippen LogP) is 3.13. The lowest BCUT2D eigenvalue weighted by Gasteiger charge is -2.24. The van der Waals surface area contributed by atoms with E-state index in [9.17, 15) is 9.50 Å². The maximum Gasteiger partial charge on any atom is 0.139 e. The van der Waals surface area contributed by atoms with E-state index in [1.165, 1.54) is 6.07 Å². The van der Waals surface area contributed by atoms with E-state index in [0.29, 0.717) is 28.8 Å². The van der Waals surface area contributed by atoms with Crippen molar-refractivity contribution in [3.05, 3.63) is 22.4 Å². The molecule has 3 nitrogen and oxygen atoms in total. The molecule has 1 aromatic rings. The highest BCUT2D eigenvalue weighted by Crippen LogP contribution is 2.27. The van der Waals surface area contributed by atoms with Gasteiger partial charge in [-0.3, -0.25) is 0 Å². The summed E-state index contributed by atoms with van der Waals surface area (Å²) in [4.78, 5) is 0. The molecule has 96 valence electrons. The molecule has 0 aromatic heterocycles. The summed E-state index contributed by atoms with van der Waals surface area (Å²) in [5.41, 5.74) is 5.85. The summed E-state index contributed by atoms with van der Waals surface area (Å²) in [6, 6.07) is 2.83. The molecule has 17 heavy (non-hydrogen) atoms. The second-order valence-electron chi connectivity index (χ2n) is 4.45. The molecule has 0 saturated heterocycles. The number of nitrogen functional groups attached to an aromatic ring is 1. The fourth-order valence-electron chi connectivity index (χ4n) is 1.63. The number of rotatable bonds is 5. The first-order chi connectivity index (χ1) is 7.85. The van der Waals surface area contributed by atoms with Crippen LogP contribution in [0.4, 0.5) is 15.8 Å². The standard InChI is InChI=1S/C12H18BrFN2O/c1-3-4-12(2,17)7-16-11-5-8(13)9(14)6-10(11)15/h5-6,16-17H,3-4,7,15H2,1-2H3. The van der Waals surface area contributed by atoms with Gasteiger partial charge in [0.1, 0.15) is 5.82 Å². The van der Waals surface area contributed by atoms with E-state index in [2.05, 4.69) is 21.2 Å². The van der Waals surface area contributed by atoms with Crippen molar-refractivity contribution in [1.82, 2.24) is 0 Å². The highest BCUT2D eigenvalue weighted by molar-refractivity contribution is 9.10. The minimum absolute atomic E-state index is 0.331. The van der Waals surface area contributed by atoms with Crippen LogP contribution in [-0.2, 0) is 0 Å². The minimum Gasteiger partial charge on any atom is -0.397 e. The van der Waals surface area contributed by atoms with E-state index in [1.54, 1.807) is 13.0 Å². The van der Waals surface area contributed by atoms with Gasteiger partial charge in [-0.15, -0.1) is 0 Å². The Morgan fingerprint density at radius 2 is 2.18 bits per heavy atom. The van der Waals surface area contributed by atoms with Gasteiger partial charge in [0.25, 0.3) is 0 Å². The molecule has 0 spiro atoms. The van der Waals surface area contributed by atoms with Crippen LogP contribution < -0.4 is 11.1 Å². The number of halogens is 2. The second kappa shape index (κ2) is 5.69. The Hall–Kier alpha value is -0.810. The number of anilines is 2. The Balaban J connectivity index is 2.73. The van der Waals surface area contributed by atoms with E-state index in [1.807, 2.05) is 6.92 Å². The largest absolute Gasteiger partial charge is 0.397 e. The zero-order valence-corrected chi connectivity index (χ0v) is 11.6. The lowest BCUT2D eigenvalue weighted by molar-refractivity contribution is 0.0637. The van der Waals surface area contributed by atoms with E-state index in [-0.39, 0.29) is 0 Å². The lowest BCUT2D eigenvalue weighted by atomic mass is 10.0. The molecule has 1 aromatic carbocycles. The normalized spacial score (nSPS) is 14.4. The van der Waals surface area contributed by atoms with Crippen LogP contribution in [0.1, 0.15) is 26.7 Å². The quantitative estimate of drug-likeness (QED) is 0.733. The summed E-state index contributed by atoms with van der Waals surface area (Å²) < 4.78 is 13.5. The second-order valence-corrected chi connectivity index (χ2v) is 5.31. The third-order valence-corrected chi connectivity index (χ3v) is 3.15. The third-order valence-electron chi connectivity index (χ3n) is 2.54. The number of nitrogens with one attached hydrogen (secondary N) is 1. The Labute approximate surface area is 109 Å². The average molecular weight is 305 g/mol. The summed E-state index contributed by atoms with van der Waals surface area (Å²) in [5, 5.41) is 13.0. The number of nitrogens with two attached hydrogens (primary N) is 1. The molecular formula is C12H18BrFN2O. The van der Waals surface area contributed by atoms with Gasteiger partial charge in [0.05, 0.1) is 21.4 Å². The molecule has 0 saturated carbocycles. The van der Waals surface area contributed by atoms with Crippen LogP contribution >= 0.6 is 15.9 Å². The number of aliphatic hydroxyl groups is 1. The Kier molecular flexibility index (Phi) is 4.77. The van der Waals surface area contributed by atoms with Crippen molar-refractivity contribution in [2.45, 2.75) is 32.3 Å². The first kappa shape index (κ1) is 14.3. The van der Waals surface area contributed by atoms with Crippen molar-refractivity contribution in [2.24, 2.45) is 0 Å². The van der Waals surface area contributed by atoms with Crippen LogP contribution in [0.3, 0.4) is 0 Å². The summed E-state index contributed by atoms with van der Waals surface area (Å²) in [7, 11) is 0. The number of hydrogen-bond acceptors (Lipinski definition) is 3. The SMILES string of the molecule is CCCC(C)(O)CNc1cc(Br)c(F)cc1N. The Morgan fingerprint density at radius 3 is 2.76 bits per heavy atom. The number of benzene rings is 1. The van der Waals surface area contributed by atoms with E-state index >= 15 is 0 Å². The molecule has 0 aliphatic heterocycles. The van der Waals surface area contributed by atoms with Gasteiger partial charge in [-0.25, -0.2) is 4.39 Å². The molecule has 0 aliphatic carbocycles. The molecule has 0 fully saturated rings. The summed E-state index contributed by atoms with van der Waals surface area (Å²) in [6.07, 6.45) is 1.60. The van der Waals surface area contributed by atoms with Gasteiger partial charge < -0.3 is 16.2 Å². The monoisotopic (exact) mass is 304 g/mol. The fraction of sp³-hybridized carbons (Fsp3) is 0.500. The highest BCUT2D eigenvalue weighted by Gasteiger charge is 2.19. The van der Waals surface area contributed by atoms with Crippen molar-refractivity contribution in [2.75, 3.05) is 17.6 Å². The molecule has 0 aliphatic rings. The Bertz CT molecular complexity index is 396. The lowest BCUT2D eigenvalue weighted by Crippen LogP contribution is -2.33. The first-order valence-corrected chi connectivity index (χ1v) is 6.36. The third kappa shape index (κ3) is 4.16. The summed E-state index contributed by atoms with van der Waals surface area (Å²) in [5.74, 6) is -0.395. The molecule has 1 rings (SSSR count). The average Bonchev–Trinajstić information content (AvgIpc) is 2.21. The van der Waals surface area contributed by atoms with Gasteiger partial charge >= 0.3 is 0 Å². The molecule has 1 atom stereocenters. The topological polar surface area (TPSA) is 58.3 Å². The summed E-state index contributed by atoms with van der Waals surface area (Å²) in [6.45, 7) is 4.15. The van der Waals surface area contributed by atoms with Crippen molar-refractivity contribution < 1.29 is 9.50 Å².